The van der Waals surface area contributed by atoms with Crippen molar-refractivity contribution in [2.75, 3.05) is 18.8 Å². The minimum Gasteiger partial charge on any atom is -0.339 e. The molecule has 3 nitrogen and oxygen atoms in total. The lowest BCUT2D eigenvalue weighted by Crippen LogP contribution is -2.54. The smallest absolute Gasteiger partial charge is 0.247 e. The Morgan fingerprint density at radius 1 is 1.50 bits per heavy atom. The van der Waals surface area contributed by atoms with Crippen LogP contribution >= 0.6 is 27.7 Å². The lowest BCUT2D eigenvalue weighted by molar-refractivity contribution is -0.136. The first-order chi connectivity index (χ1) is 9.45. The van der Waals surface area contributed by atoms with E-state index in [-0.39, 0.29) is 5.91 Å². The molecule has 0 saturated carbocycles. The number of nitrogens with zero attached hydrogens (tertiary/aromatic N) is 1. The van der Waals surface area contributed by atoms with Crippen molar-refractivity contribution in [1.82, 2.24) is 4.90 Å². The maximum Gasteiger partial charge on any atom is 0.247 e. The molecule has 2 N–H and O–H groups in total. The maximum absolute atomic E-state index is 12.7. The Kier molecular flexibility index (Phi) is 5.15. The fraction of sp³-hybridized carbons (Fsp3) is 0.533. The molecule has 0 bridgehead atoms. The molecule has 2 unspecified atom stereocenters. The molecule has 2 atom stereocenters. The number of benzene rings is 1. The molecule has 0 aromatic heterocycles. The highest BCUT2D eigenvalue weighted by atomic mass is 79.9. The minimum atomic E-state index is -0.957. The summed E-state index contributed by atoms with van der Waals surface area (Å²) in [6.07, 6.45) is 1.09. The molecule has 1 saturated heterocycles. The molecule has 1 aromatic rings. The van der Waals surface area contributed by atoms with Crippen LogP contribution in [0.25, 0.3) is 0 Å². The van der Waals surface area contributed by atoms with E-state index >= 15 is 0 Å². The van der Waals surface area contributed by atoms with Crippen molar-refractivity contribution >= 4 is 33.6 Å². The number of rotatable bonds is 3. The van der Waals surface area contributed by atoms with E-state index in [9.17, 15) is 4.79 Å². The third kappa shape index (κ3) is 3.38. The summed E-state index contributed by atoms with van der Waals surface area (Å²) >= 11 is 5.36. The van der Waals surface area contributed by atoms with E-state index in [1.165, 1.54) is 0 Å². The zero-order valence-electron chi connectivity index (χ0n) is 11.9. The van der Waals surface area contributed by atoms with Crippen LogP contribution in [0.15, 0.2) is 28.7 Å². The normalized spacial score (nSPS) is 22.4. The molecule has 1 aliphatic rings. The predicted molar refractivity (Wildman–Crippen MR) is 88.8 cm³/mol. The number of thioether (sulfide) groups is 1. The fourth-order valence-electron chi connectivity index (χ4n) is 2.40. The third-order valence-electron chi connectivity index (χ3n) is 3.77. The molecule has 1 aliphatic heterocycles. The van der Waals surface area contributed by atoms with Crippen molar-refractivity contribution in [2.24, 2.45) is 5.73 Å². The van der Waals surface area contributed by atoms with Crippen LogP contribution in [-0.4, -0.2) is 34.9 Å². The zero-order chi connectivity index (χ0) is 14.8. The quantitative estimate of drug-likeness (QED) is 0.905. The Balaban J connectivity index is 2.16. The average molecular weight is 357 g/mol. The number of carbonyl (C=O) groups excluding carboxylic acids is 1. The molecule has 0 spiro atoms. The van der Waals surface area contributed by atoms with E-state index in [1.807, 2.05) is 40.9 Å². The third-order valence-corrected chi connectivity index (χ3v) is 5.67. The first-order valence-corrected chi connectivity index (χ1v) is 8.75. The fourth-order valence-corrected chi connectivity index (χ4v) is 3.84. The van der Waals surface area contributed by atoms with Gasteiger partial charge < -0.3 is 10.6 Å². The minimum absolute atomic E-state index is 0.0265. The second-order valence-electron chi connectivity index (χ2n) is 5.36. The van der Waals surface area contributed by atoms with Gasteiger partial charge in [-0.05, 0) is 31.0 Å². The van der Waals surface area contributed by atoms with Gasteiger partial charge in [-0.3, -0.25) is 4.79 Å². The zero-order valence-corrected chi connectivity index (χ0v) is 14.3. The van der Waals surface area contributed by atoms with Crippen molar-refractivity contribution in [3.05, 3.63) is 34.3 Å². The summed E-state index contributed by atoms with van der Waals surface area (Å²) in [6.45, 7) is 5.58. The highest BCUT2D eigenvalue weighted by Gasteiger charge is 2.36. The standard InChI is InChI=1S/C15H21BrN2OS/c1-3-13-10-18(8-9-20-13)14(19)15(2,17)11-4-6-12(16)7-5-11/h4-7,13H,3,8-10,17H2,1-2H3. The first-order valence-electron chi connectivity index (χ1n) is 6.91. The molecule has 1 fully saturated rings. The van der Waals surface area contributed by atoms with Gasteiger partial charge in [0.05, 0.1) is 0 Å². The van der Waals surface area contributed by atoms with Gasteiger partial charge >= 0.3 is 0 Å². The summed E-state index contributed by atoms with van der Waals surface area (Å²) in [5.41, 5.74) is 6.24. The van der Waals surface area contributed by atoms with Crippen LogP contribution in [0, 0.1) is 0 Å². The monoisotopic (exact) mass is 356 g/mol. The molecule has 2 rings (SSSR count). The first kappa shape index (κ1) is 15.9. The summed E-state index contributed by atoms with van der Waals surface area (Å²) < 4.78 is 0.991. The number of hydrogen-bond acceptors (Lipinski definition) is 3. The number of hydrogen-bond donors (Lipinski definition) is 1. The van der Waals surface area contributed by atoms with E-state index in [1.54, 1.807) is 6.92 Å². The van der Waals surface area contributed by atoms with E-state index < -0.39 is 5.54 Å². The largest absolute Gasteiger partial charge is 0.339 e. The van der Waals surface area contributed by atoms with Gasteiger partial charge in [-0.25, -0.2) is 0 Å². The lowest BCUT2D eigenvalue weighted by Gasteiger charge is -2.37. The molecule has 1 amide bonds. The van der Waals surface area contributed by atoms with Crippen molar-refractivity contribution in [1.29, 1.82) is 0 Å². The summed E-state index contributed by atoms with van der Waals surface area (Å²) in [7, 11) is 0. The summed E-state index contributed by atoms with van der Waals surface area (Å²) in [6, 6.07) is 7.68. The Morgan fingerprint density at radius 2 is 2.15 bits per heavy atom. The van der Waals surface area contributed by atoms with Crippen molar-refractivity contribution in [2.45, 2.75) is 31.1 Å². The molecular formula is C15H21BrN2OS. The predicted octanol–water partition coefficient (Wildman–Crippen LogP) is 2.98. The number of nitrogens with two attached hydrogens (primary N) is 1. The highest BCUT2D eigenvalue weighted by Crippen LogP contribution is 2.27. The van der Waals surface area contributed by atoms with E-state index in [0.29, 0.717) is 5.25 Å². The van der Waals surface area contributed by atoms with Crippen molar-refractivity contribution in [3.8, 4) is 0 Å². The van der Waals surface area contributed by atoms with Crippen LogP contribution in [0.1, 0.15) is 25.8 Å². The molecular weight excluding hydrogens is 336 g/mol. The van der Waals surface area contributed by atoms with Gasteiger partial charge in [-0.2, -0.15) is 11.8 Å². The Labute approximate surface area is 133 Å². The summed E-state index contributed by atoms with van der Waals surface area (Å²) in [5.74, 6) is 1.03. The number of carbonyl (C=O) groups is 1. The van der Waals surface area contributed by atoms with Crippen LogP contribution in [0.4, 0.5) is 0 Å². The second-order valence-corrected chi connectivity index (χ2v) is 7.69. The number of halogens is 1. The van der Waals surface area contributed by atoms with Crippen molar-refractivity contribution in [3.63, 3.8) is 0 Å². The van der Waals surface area contributed by atoms with E-state index in [2.05, 4.69) is 22.9 Å². The lowest BCUT2D eigenvalue weighted by atomic mass is 9.91. The van der Waals surface area contributed by atoms with Crippen molar-refractivity contribution < 1.29 is 4.79 Å². The molecule has 0 aliphatic carbocycles. The number of amides is 1. The van der Waals surface area contributed by atoms with Gasteiger partial charge in [0.2, 0.25) is 5.91 Å². The molecule has 1 aromatic carbocycles. The summed E-state index contributed by atoms with van der Waals surface area (Å²) in [5, 5.41) is 0.536. The van der Waals surface area contributed by atoms with Gasteiger partial charge in [0.1, 0.15) is 5.54 Å². The molecule has 20 heavy (non-hydrogen) atoms. The van der Waals surface area contributed by atoms with Gasteiger partial charge in [-0.1, -0.05) is 35.0 Å². The average Bonchev–Trinajstić information content (AvgIpc) is 2.47. The van der Waals surface area contributed by atoms with Crippen LogP contribution < -0.4 is 5.73 Å². The Morgan fingerprint density at radius 3 is 2.75 bits per heavy atom. The van der Waals surface area contributed by atoms with Gasteiger partial charge in [0.25, 0.3) is 0 Å². The van der Waals surface area contributed by atoms with Gasteiger partial charge in [0.15, 0.2) is 0 Å². The molecule has 110 valence electrons. The molecule has 0 radical (unpaired) electrons. The molecule has 1 heterocycles. The van der Waals surface area contributed by atoms with E-state index in [0.717, 1.165) is 35.3 Å². The molecule has 5 heteroatoms. The van der Waals surface area contributed by atoms with Crippen LogP contribution in [0.2, 0.25) is 0 Å². The maximum atomic E-state index is 12.7. The Hall–Kier alpha value is -0.520. The van der Waals surface area contributed by atoms with Crippen LogP contribution in [0.3, 0.4) is 0 Å². The van der Waals surface area contributed by atoms with Crippen LogP contribution in [0.5, 0.6) is 0 Å². The van der Waals surface area contributed by atoms with Crippen LogP contribution in [-0.2, 0) is 10.3 Å². The van der Waals surface area contributed by atoms with E-state index in [4.69, 9.17) is 5.73 Å². The highest BCUT2D eigenvalue weighted by molar-refractivity contribution is 9.10. The summed E-state index contributed by atoms with van der Waals surface area (Å²) in [4.78, 5) is 14.7. The Bertz CT molecular complexity index is 475. The second kappa shape index (κ2) is 6.50. The van der Waals surface area contributed by atoms with Gasteiger partial charge in [-0.15, -0.1) is 0 Å². The SMILES string of the molecule is CCC1CN(C(=O)C(C)(N)c2ccc(Br)cc2)CCS1. The topological polar surface area (TPSA) is 46.3 Å². The van der Waals surface area contributed by atoms with Gasteiger partial charge in [0, 0.05) is 28.6 Å².